The molecular weight excluding hydrogens is 304 g/mol. The number of nitrogens with zero attached hydrogens (tertiary/aromatic N) is 3. The average Bonchev–Trinajstić information content (AvgIpc) is 3.29. The summed E-state index contributed by atoms with van der Waals surface area (Å²) in [6.45, 7) is 2.28. The third kappa shape index (κ3) is 3.48. The number of amides is 1. The van der Waals surface area contributed by atoms with Gasteiger partial charge in [-0.1, -0.05) is 25.8 Å². The molecule has 6 nitrogen and oxygen atoms in total. The summed E-state index contributed by atoms with van der Waals surface area (Å²) in [5, 5.41) is 17.4. The Morgan fingerprint density at radius 1 is 1.42 bits per heavy atom. The van der Waals surface area contributed by atoms with Gasteiger partial charge in [0.15, 0.2) is 5.82 Å². The molecule has 0 aliphatic heterocycles. The minimum Gasteiger partial charge on any atom is -0.391 e. The molecule has 1 atom stereocenters. The number of pyridine rings is 1. The second-order valence-electron chi connectivity index (χ2n) is 6.28. The molecule has 1 saturated carbocycles. The fourth-order valence-corrected chi connectivity index (χ4v) is 3.38. The van der Waals surface area contributed by atoms with Crippen LogP contribution in [0, 0.1) is 5.92 Å². The first kappa shape index (κ1) is 16.6. The van der Waals surface area contributed by atoms with E-state index in [0.717, 1.165) is 18.5 Å². The standard InChI is InChI=1S/C18H24N4O2/c1-2-15-14(11-21-22(15)17-9-5-6-10-19-17)18(24)20-12-16(23)13-7-3-4-8-13/h5-6,9-11,13,16,23H,2-4,7-8,12H2,1H3,(H,20,24). The lowest BCUT2D eigenvalue weighted by molar-refractivity contribution is 0.0840. The van der Waals surface area contributed by atoms with Gasteiger partial charge in [0.25, 0.3) is 5.91 Å². The summed E-state index contributed by atoms with van der Waals surface area (Å²) in [5.74, 6) is 0.817. The zero-order chi connectivity index (χ0) is 16.9. The highest BCUT2D eigenvalue weighted by Gasteiger charge is 2.24. The maximum absolute atomic E-state index is 12.5. The summed E-state index contributed by atoms with van der Waals surface area (Å²) in [6.07, 6.45) is 7.93. The van der Waals surface area contributed by atoms with E-state index >= 15 is 0 Å². The van der Waals surface area contributed by atoms with Gasteiger partial charge in [0.1, 0.15) is 0 Å². The molecule has 6 heteroatoms. The smallest absolute Gasteiger partial charge is 0.254 e. The van der Waals surface area contributed by atoms with E-state index in [0.29, 0.717) is 30.3 Å². The van der Waals surface area contributed by atoms with Crippen molar-refractivity contribution in [3.63, 3.8) is 0 Å². The Kier molecular flexibility index (Phi) is 5.25. The van der Waals surface area contributed by atoms with E-state index in [4.69, 9.17) is 0 Å². The van der Waals surface area contributed by atoms with Crippen molar-refractivity contribution in [2.45, 2.75) is 45.1 Å². The number of carbonyl (C=O) groups is 1. The second kappa shape index (κ2) is 7.57. The molecular formula is C18H24N4O2. The molecule has 1 fully saturated rings. The van der Waals surface area contributed by atoms with Gasteiger partial charge in [0.2, 0.25) is 0 Å². The third-order valence-corrected chi connectivity index (χ3v) is 4.73. The molecule has 1 aliphatic rings. The molecule has 2 N–H and O–H groups in total. The Morgan fingerprint density at radius 3 is 2.88 bits per heavy atom. The van der Waals surface area contributed by atoms with Gasteiger partial charge in [0.05, 0.1) is 23.6 Å². The van der Waals surface area contributed by atoms with Crippen LogP contribution in [0.2, 0.25) is 0 Å². The molecule has 3 rings (SSSR count). The SMILES string of the molecule is CCc1c(C(=O)NCC(O)C2CCCC2)cnn1-c1ccccn1. The van der Waals surface area contributed by atoms with Crippen molar-refractivity contribution in [1.82, 2.24) is 20.1 Å². The molecule has 0 saturated heterocycles. The van der Waals surface area contributed by atoms with Crippen LogP contribution < -0.4 is 5.32 Å². The van der Waals surface area contributed by atoms with E-state index in [1.165, 1.54) is 12.8 Å². The summed E-state index contributed by atoms with van der Waals surface area (Å²) < 4.78 is 1.70. The zero-order valence-corrected chi connectivity index (χ0v) is 14.0. The molecule has 0 bridgehead atoms. The summed E-state index contributed by atoms with van der Waals surface area (Å²) in [5.41, 5.74) is 1.36. The summed E-state index contributed by atoms with van der Waals surface area (Å²) in [6, 6.07) is 5.59. The predicted octanol–water partition coefficient (Wildman–Crippen LogP) is 2.11. The maximum atomic E-state index is 12.5. The summed E-state index contributed by atoms with van der Waals surface area (Å²) >= 11 is 0. The average molecular weight is 328 g/mol. The Bertz CT molecular complexity index is 678. The molecule has 0 aromatic carbocycles. The highest BCUT2D eigenvalue weighted by molar-refractivity contribution is 5.95. The molecule has 1 amide bonds. The first-order chi connectivity index (χ1) is 11.7. The van der Waals surface area contributed by atoms with Gasteiger partial charge < -0.3 is 10.4 Å². The van der Waals surface area contributed by atoms with Crippen molar-refractivity contribution in [2.24, 2.45) is 5.92 Å². The van der Waals surface area contributed by atoms with E-state index in [-0.39, 0.29) is 5.91 Å². The van der Waals surface area contributed by atoms with Crippen LogP contribution in [0.3, 0.4) is 0 Å². The van der Waals surface area contributed by atoms with Gasteiger partial charge in [0, 0.05) is 12.7 Å². The monoisotopic (exact) mass is 328 g/mol. The fraction of sp³-hybridized carbons (Fsp3) is 0.500. The molecule has 1 unspecified atom stereocenters. The number of hydrogen-bond acceptors (Lipinski definition) is 4. The van der Waals surface area contributed by atoms with Gasteiger partial charge in [-0.15, -0.1) is 0 Å². The fourth-order valence-electron chi connectivity index (χ4n) is 3.38. The van der Waals surface area contributed by atoms with E-state index in [2.05, 4.69) is 15.4 Å². The molecule has 24 heavy (non-hydrogen) atoms. The zero-order valence-electron chi connectivity index (χ0n) is 14.0. The van der Waals surface area contributed by atoms with Crippen LogP contribution in [-0.2, 0) is 6.42 Å². The number of aliphatic hydroxyl groups excluding tert-OH is 1. The second-order valence-corrected chi connectivity index (χ2v) is 6.28. The van der Waals surface area contributed by atoms with E-state index in [9.17, 15) is 9.90 Å². The predicted molar refractivity (Wildman–Crippen MR) is 91.0 cm³/mol. The van der Waals surface area contributed by atoms with Crippen LogP contribution in [0.15, 0.2) is 30.6 Å². The number of hydrogen-bond donors (Lipinski definition) is 2. The van der Waals surface area contributed by atoms with Crippen molar-refractivity contribution in [3.05, 3.63) is 41.9 Å². The van der Waals surface area contributed by atoms with Crippen molar-refractivity contribution in [1.29, 1.82) is 0 Å². The van der Waals surface area contributed by atoms with Crippen LogP contribution >= 0.6 is 0 Å². The number of rotatable bonds is 6. The van der Waals surface area contributed by atoms with Crippen molar-refractivity contribution in [2.75, 3.05) is 6.54 Å². The van der Waals surface area contributed by atoms with Gasteiger partial charge in [-0.05, 0) is 37.3 Å². The third-order valence-electron chi connectivity index (χ3n) is 4.73. The first-order valence-corrected chi connectivity index (χ1v) is 8.65. The Labute approximate surface area is 141 Å². The highest BCUT2D eigenvalue weighted by atomic mass is 16.3. The number of carbonyl (C=O) groups excluding carboxylic acids is 1. The van der Waals surface area contributed by atoms with Gasteiger partial charge in [-0.2, -0.15) is 5.10 Å². The molecule has 2 aromatic rings. The largest absolute Gasteiger partial charge is 0.391 e. The lowest BCUT2D eigenvalue weighted by Gasteiger charge is -2.18. The maximum Gasteiger partial charge on any atom is 0.254 e. The van der Waals surface area contributed by atoms with Crippen molar-refractivity contribution < 1.29 is 9.90 Å². The Morgan fingerprint density at radius 2 is 2.21 bits per heavy atom. The molecule has 1 aliphatic carbocycles. The van der Waals surface area contributed by atoms with Crippen molar-refractivity contribution >= 4 is 5.91 Å². The molecule has 2 heterocycles. The Hall–Kier alpha value is -2.21. The number of aliphatic hydroxyl groups is 1. The quantitative estimate of drug-likeness (QED) is 0.851. The topological polar surface area (TPSA) is 80.0 Å². The Balaban J connectivity index is 1.70. The van der Waals surface area contributed by atoms with Crippen molar-refractivity contribution in [3.8, 4) is 5.82 Å². The van der Waals surface area contributed by atoms with Crippen LogP contribution in [0.5, 0.6) is 0 Å². The molecule has 0 spiro atoms. The highest BCUT2D eigenvalue weighted by Crippen LogP contribution is 2.27. The lowest BCUT2D eigenvalue weighted by atomic mass is 10.0. The molecule has 0 radical (unpaired) electrons. The summed E-state index contributed by atoms with van der Waals surface area (Å²) in [4.78, 5) is 16.8. The van der Waals surface area contributed by atoms with E-state index in [1.807, 2.05) is 25.1 Å². The molecule has 128 valence electrons. The lowest BCUT2D eigenvalue weighted by Crippen LogP contribution is -2.35. The van der Waals surface area contributed by atoms with Crippen LogP contribution in [-0.4, -0.2) is 38.4 Å². The number of nitrogens with one attached hydrogen (secondary N) is 1. The van der Waals surface area contributed by atoms with Gasteiger partial charge >= 0.3 is 0 Å². The first-order valence-electron chi connectivity index (χ1n) is 8.65. The van der Waals surface area contributed by atoms with Crippen LogP contribution in [0.25, 0.3) is 5.82 Å². The van der Waals surface area contributed by atoms with Gasteiger partial charge in [-0.3, -0.25) is 4.79 Å². The normalized spacial score (nSPS) is 16.2. The number of aromatic nitrogens is 3. The van der Waals surface area contributed by atoms with Crippen LogP contribution in [0.4, 0.5) is 0 Å². The van der Waals surface area contributed by atoms with Gasteiger partial charge in [-0.25, -0.2) is 9.67 Å². The summed E-state index contributed by atoms with van der Waals surface area (Å²) in [7, 11) is 0. The minimum atomic E-state index is -0.465. The van der Waals surface area contributed by atoms with E-state index in [1.54, 1.807) is 17.1 Å². The minimum absolute atomic E-state index is 0.189. The molecule has 2 aromatic heterocycles. The van der Waals surface area contributed by atoms with E-state index < -0.39 is 6.10 Å². The van der Waals surface area contributed by atoms with Crippen LogP contribution in [0.1, 0.15) is 48.7 Å².